The zero-order chi connectivity index (χ0) is 20.0. The Labute approximate surface area is 169 Å². The molecule has 0 radical (unpaired) electrons. The largest absolute Gasteiger partial charge is 0.295 e. The number of aryl methyl sites for hydroxylation is 1. The number of aromatic nitrogens is 1. The van der Waals surface area contributed by atoms with Crippen LogP contribution >= 0.6 is 11.3 Å². The van der Waals surface area contributed by atoms with Gasteiger partial charge in [0.25, 0.3) is 10.2 Å². The van der Waals surface area contributed by atoms with E-state index in [1.165, 1.54) is 0 Å². The van der Waals surface area contributed by atoms with Crippen molar-refractivity contribution in [2.45, 2.75) is 54.0 Å². The highest BCUT2D eigenvalue weighted by Gasteiger charge is 2.32. The number of thiazole rings is 1. The highest BCUT2D eigenvalue weighted by molar-refractivity contribution is 7.86. The van der Waals surface area contributed by atoms with E-state index in [1.807, 2.05) is 6.92 Å². The minimum absolute atomic E-state index is 0.500. The Hall–Kier alpha value is -0.540. The second kappa shape index (κ2) is 10.3. The van der Waals surface area contributed by atoms with Crippen LogP contribution in [0.5, 0.6) is 0 Å². The van der Waals surface area contributed by atoms with E-state index in [0.717, 1.165) is 43.2 Å². The number of rotatable bonds is 10. The van der Waals surface area contributed by atoms with Crippen LogP contribution in [0, 0.1) is 18.8 Å². The van der Waals surface area contributed by atoms with E-state index in [9.17, 15) is 8.42 Å². The van der Waals surface area contributed by atoms with Crippen LogP contribution in [0.2, 0.25) is 0 Å². The average molecular weight is 417 g/mol. The van der Waals surface area contributed by atoms with Crippen LogP contribution < -0.4 is 0 Å². The summed E-state index contributed by atoms with van der Waals surface area (Å²) in [6, 6.07) is 0. The molecule has 1 saturated heterocycles. The lowest BCUT2D eigenvalue weighted by Crippen LogP contribution is -2.53. The molecule has 0 atom stereocenters. The van der Waals surface area contributed by atoms with E-state index in [2.05, 4.69) is 43.0 Å². The van der Waals surface area contributed by atoms with Gasteiger partial charge in [0.15, 0.2) is 0 Å². The van der Waals surface area contributed by atoms with Crippen LogP contribution in [0.15, 0.2) is 5.38 Å². The van der Waals surface area contributed by atoms with Crippen LogP contribution in [0.4, 0.5) is 0 Å². The Bertz CT molecular complexity index is 653. The van der Waals surface area contributed by atoms with Crippen LogP contribution in [-0.4, -0.2) is 66.2 Å². The molecule has 0 aliphatic carbocycles. The molecule has 1 aliphatic rings. The topological polar surface area (TPSA) is 56.8 Å². The predicted octanol–water partition coefficient (Wildman–Crippen LogP) is 3.21. The van der Waals surface area contributed by atoms with Gasteiger partial charge in [-0.3, -0.25) is 4.90 Å². The van der Waals surface area contributed by atoms with Gasteiger partial charge >= 0.3 is 0 Å². The van der Waals surface area contributed by atoms with Crippen LogP contribution in [-0.2, 0) is 16.8 Å². The molecular weight excluding hydrogens is 380 g/mol. The van der Waals surface area contributed by atoms with Crippen molar-refractivity contribution in [1.29, 1.82) is 0 Å². The fraction of sp³-hybridized carbons (Fsp3) is 0.842. The first-order chi connectivity index (χ1) is 12.7. The molecule has 8 heteroatoms. The van der Waals surface area contributed by atoms with E-state index < -0.39 is 10.2 Å². The van der Waals surface area contributed by atoms with Gasteiger partial charge in [-0.25, -0.2) is 4.98 Å². The van der Waals surface area contributed by atoms with Gasteiger partial charge in [0.05, 0.1) is 10.7 Å². The molecule has 0 unspecified atom stereocenters. The van der Waals surface area contributed by atoms with Gasteiger partial charge < -0.3 is 0 Å². The standard InChI is InChI=1S/C19H36N4O2S2/c1-16(2)6-8-22(9-7-17(3)4)27(24,25)23-12-10-21(11-13-23)14-19-15-26-18(5)20-19/h15-17H,6-14H2,1-5H3. The second-order valence-electron chi connectivity index (χ2n) is 8.30. The molecule has 1 aromatic heterocycles. The lowest BCUT2D eigenvalue weighted by atomic mass is 10.1. The van der Waals surface area contributed by atoms with Gasteiger partial charge in [0.1, 0.15) is 0 Å². The molecule has 1 aromatic rings. The molecule has 0 saturated carbocycles. The maximum absolute atomic E-state index is 13.2. The van der Waals surface area contributed by atoms with E-state index >= 15 is 0 Å². The fourth-order valence-corrected chi connectivity index (χ4v) is 5.37. The van der Waals surface area contributed by atoms with E-state index in [1.54, 1.807) is 19.9 Å². The monoisotopic (exact) mass is 416 g/mol. The Morgan fingerprint density at radius 1 is 1.07 bits per heavy atom. The number of piperazine rings is 1. The minimum Gasteiger partial charge on any atom is -0.295 e. The first-order valence-electron chi connectivity index (χ1n) is 10.1. The molecule has 6 nitrogen and oxygen atoms in total. The predicted molar refractivity (Wildman–Crippen MR) is 113 cm³/mol. The van der Waals surface area contributed by atoms with Crippen LogP contribution in [0.3, 0.4) is 0 Å². The first kappa shape index (κ1) is 22.7. The van der Waals surface area contributed by atoms with Crippen molar-refractivity contribution in [3.8, 4) is 0 Å². The van der Waals surface area contributed by atoms with Gasteiger partial charge in [-0.15, -0.1) is 11.3 Å². The number of hydrogen-bond donors (Lipinski definition) is 0. The molecule has 156 valence electrons. The van der Waals surface area contributed by atoms with Crippen molar-refractivity contribution in [2.24, 2.45) is 11.8 Å². The molecule has 1 fully saturated rings. The molecule has 1 aliphatic heterocycles. The maximum atomic E-state index is 13.2. The van der Waals surface area contributed by atoms with E-state index in [4.69, 9.17) is 0 Å². The number of nitrogens with zero attached hydrogens (tertiary/aromatic N) is 4. The molecule has 27 heavy (non-hydrogen) atoms. The highest BCUT2D eigenvalue weighted by atomic mass is 32.2. The average Bonchev–Trinajstić information content (AvgIpc) is 2.99. The van der Waals surface area contributed by atoms with Gasteiger partial charge in [0.2, 0.25) is 0 Å². The first-order valence-corrected chi connectivity index (χ1v) is 12.3. The van der Waals surface area contributed by atoms with Crippen molar-refractivity contribution in [3.05, 3.63) is 16.1 Å². The smallest absolute Gasteiger partial charge is 0.282 e. The van der Waals surface area contributed by atoms with Crippen molar-refractivity contribution in [3.63, 3.8) is 0 Å². The molecule has 0 bridgehead atoms. The summed E-state index contributed by atoms with van der Waals surface area (Å²) >= 11 is 1.67. The maximum Gasteiger partial charge on any atom is 0.282 e. The Morgan fingerprint density at radius 2 is 1.63 bits per heavy atom. The SMILES string of the molecule is Cc1nc(CN2CCN(S(=O)(=O)N(CCC(C)C)CCC(C)C)CC2)cs1. The molecule has 2 heterocycles. The molecule has 0 N–H and O–H groups in total. The highest BCUT2D eigenvalue weighted by Crippen LogP contribution is 2.18. The molecule has 0 amide bonds. The summed E-state index contributed by atoms with van der Waals surface area (Å²) in [6.45, 7) is 15.3. The zero-order valence-electron chi connectivity index (χ0n) is 17.5. The number of hydrogen-bond acceptors (Lipinski definition) is 5. The minimum atomic E-state index is -3.38. The van der Waals surface area contributed by atoms with Crippen molar-refractivity contribution in [2.75, 3.05) is 39.3 Å². The fourth-order valence-electron chi connectivity index (χ4n) is 3.14. The van der Waals surface area contributed by atoms with E-state index in [-0.39, 0.29) is 0 Å². The van der Waals surface area contributed by atoms with Gasteiger partial charge in [-0.2, -0.15) is 17.0 Å². The van der Waals surface area contributed by atoms with Gasteiger partial charge in [0, 0.05) is 51.2 Å². The summed E-state index contributed by atoms with van der Waals surface area (Å²) in [5.74, 6) is 1.00. The van der Waals surface area contributed by atoms with Gasteiger partial charge in [-0.05, 0) is 31.6 Å². The molecular formula is C19H36N4O2S2. The Kier molecular flexibility index (Phi) is 8.68. The summed E-state index contributed by atoms with van der Waals surface area (Å²) in [5, 5.41) is 3.18. The molecule has 2 rings (SSSR count). The lowest BCUT2D eigenvalue weighted by Gasteiger charge is -2.36. The Balaban J connectivity index is 1.94. The Morgan fingerprint density at radius 3 is 2.07 bits per heavy atom. The third-order valence-corrected chi connectivity index (χ3v) is 7.81. The van der Waals surface area contributed by atoms with Gasteiger partial charge in [-0.1, -0.05) is 27.7 Å². The van der Waals surface area contributed by atoms with E-state index in [0.29, 0.717) is 38.0 Å². The second-order valence-corrected chi connectivity index (χ2v) is 11.3. The quantitative estimate of drug-likeness (QED) is 0.588. The molecule has 0 spiro atoms. The summed E-state index contributed by atoms with van der Waals surface area (Å²) in [6.07, 6.45) is 1.81. The van der Waals surface area contributed by atoms with Crippen molar-refractivity contribution in [1.82, 2.24) is 18.5 Å². The summed E-state index contributed by atoms with van der Waals surface area (Å²) in [5.41, 5.74) is 1.09. The lowest BCUT2D eigenvalue weighted by molar-refractivity contribution is 0.172. The van der Waals surface area contributed by atoms with Crippen molar-refractivity contribution < 1.29 is 8.42 Å². The van der Waals surface area contributed by atoms with Crippen molar-refractivity contribution >= 4 is 21.5 Å². The molecule has 0 aromatic carbocycles. The third-order valence-electron chi connectivity index (χ3n) is 4.95. The zero-order valence-corrected chi connectivity index (χ0v) is 19.2. The summed E-state index contributed by atoms with van der Waals surface area (Å²) < 4.78 is 29.8. The normalized spacial score (nSPS) is 17.5. The van der Waals surface area contributed by atoms with Crippen LogP contribution in [0.1, 0.15) is 51.2 Å². The van der Waals surface area contributed by atoms with Crippen LogP contribution in [0.25, 0.3) is 0 Å². The summed E-state index contributed by atoms with van der Waals surface area (Å²) in [7, 11) is -3.38. The summed E-state index contributed by atoms with van der Waals surface area (Å²) in [4.78, 5) is 6.82. The third kappa shape index (κ3) is 7.09.